The Kier molecular flexibility index (Phi) is 4.12. The number of carbonyl (C=O) groups excluding carboxylic acids is 1. The smallest absolute Gasteiger partial charge is 0.241 e. The van der Waals surface area contributed by atoms with Crippen LogP contribution in [-0.4, -0.2) is 19.1 Å². The zero-order chi connectivity index (χ0) is 13.1. The second kappa shape index (κ2) is 5.19. The minimum Gasteiger partial charge on any atom is -0.495 e. The predicted octanol–water partition coefficient (Wildman–Crippen LogP) is 2.01. The number of hydrogen-bond donors (Lipinski definition) is 2. The summed E-state index contributed by atoms with van der Waals surface area (Å²) in [5.41, 5.74) is 6.25. The first-order valence-electron chi connectivity index (χ1n) is 5.55. The maximum absolute atomic E-state index is 11.9. The van der Waals surface area contributed by atoms with Crippen molar-refractivity contribution in [1.82, 2.24) is 0 Å². The molecule has 0 saturated carbocycles. The second-order valence-corrected chi connectivity index (χ2v) is 5.03. The molecule has 0 aliphatic carbocycles. The first kappa shape index (κ1) is 13.5. The molecular formula is C13H20N2O2. The van der Waals surface area contributed by atoms with Crippen LogP contribution in [0.5, 0.6) is 5.75 Å². The van der Waals surface area contributed by atoms with Gasteiger partial charge in [0.25, 0.3) is 0 Å². The molecule has 0 heterocycles. The first-order chi connectivity index (χ1) is 7.86. The SMILES string of the molecule is COc1ccccc1NC(=O)C(N)C(C)(C)C. The first-order valence-corrected chi connectivity index (χ1v) is 5.55. The maximum atomic E-state index is 11.9. The van der Waals surface area contributed by atoms with Gasteiger partial charge in [-0.1, -0.05) is 32.9 Å². The lowest BCUT2D eigenvalue weighted by atomic mass is 9.87. The summed E-state index contributed by atoms with van der Waals surface area (Å²) >= 11 is 0. The normalized spacial score (nSPS) is 13.0. The van der Waals surface area contributed by atoms with E-state index in [1.165, 1.54) is 0 Å². The lowest BCUT2D eigenvalue weighted by Gasteiger charge is -2.26. The van der Waals surface area contributed by atoms with Crippen LogP contribution in [0.15, 0.2) is 24.3 Å². The number of rotatable bonds is 3. The molecule has 0 saturated heterocycles. The molecule has 0 aliphatic heterocycles. The van der Waals surface area contributed by atoms with Crippen LogP contribution in [0.25, 0.3) is 0 Å². The number of ether oxygens (including phenoxy) is 1. The molecular weight excluding hydrogens is 216 g/mol. The van der Waals surface area contributed by atoms with Crippen molar-refractivity contribution in [3.8, 4) is 5.75 Å². The van der Waals surface area contributed by atoms with E-state index in [9.17, 15) is 4.79 Å². The van der Waals surface area contributed by atoms with Gasteiger partial charge >= 0.3 is 0 Å². The number of para-hydroxylation sites is 2. The summed E-state index contributed by atoms with van der Waals surface area (Å²) in [5, 5.41) is 2.78. The summed E-state index contributed by atoms with van der Waals surface area (Å²) in [4.78, 5) is 11.9. The van der Waals surface area contributed by atoms with Gasteiger partial charge in [0.2, 0.25) is 5.91 Å². The van der Waals surface area contributed by atoms with Gasteiger partial charge in [-0.2, -0.15) is 0 Å². The van der Waals surface area contributed by atoms with Crippen molar-refractivity contribution in [2.45, 2.75) is 26.8 Å². The molecule has 1 unspecified atom stereocenters. The third-order valence-electron chi connectivity index (χ3n) is 2.58. The summed E-state index contributed by atoms with van der Waals surface area (Å²) in [6.07, 6.45) is 0. The van der Waals surface area contributed by atoms with E-state index in [1.807, 2.05) is 32.9 Å². The average molecular weight is 236 g/mol. The topological polar surface area (TPSA) is 64.3 Å². The van der Waals surface area contributed by atoms with Gasteiger partial charge in [-0.25, -0.2) is 0 Å². The standard InChI is InChI=1S/C13H20N2O2/c1-13(2,3)11(14)12(16)15-9-7-5-6-8-10(9)17-4/h5-8,11H,14H2,1-4H3,(H,15,16). The van der Waals surface area contributed by atoms with E-state index in [0.717, 1.165) is 0 Å². The maximum Gasteiger partial charge on any atom is 0.241 e. The highest BCUT2D eigenvalue weighted by Gasteiger charge is 2.27. The molecule has 1 rings (SSSR count). The van der Waals surface area contributed by atoms with Gasteiger partial charge in [-0.3, -0.25) is 4.79 Å². The van der Waals surface area contributed by atoms with Gasteiger partial charge in [0.15, 0.2) is 0 Å². The Morgan fingerprint density at radius 3 is 2.47 bits per heavy atom. The second-order valence-electron chi connectivity index (χ2n) is 5.03. The van der Waals surface area contributed by atoms with Crippen LogP contribution >= 0.6 is 0 Å². The van der Waals surface area contributed by atoms with E-state index in [-0.39, 0.29) is 11.3 Å². The molecule has 0 aromatic heterocycles. The summed E-state index contributed by atoms with van der Waals surface area (Å²) in [6.45, 7) is 5.79. The molecule has 4 heteroatoms. The van der Waals surface area contributed by atoms with E-state index in [0.29, 0.717) is 11.4 Å². The van der Waals surface area contributed by atoms with Crippen LogP contribution in [0, 0.1) is 5.41 Å². The molecule has 1 amide bonds. The summed E-state index contributed by atoms with van der Waals surface area (Å²) in [6, 6.07) is 6.69. The Morgan fingerprint density at radius 1 is 1.35 bits per heavy atom. The van der Waals surface area contributed by atoms with Crippen LogP contribution in [0.1, 0.15) is 20.8 Å². The number of benzene rings is 1. The highest BCUT2D eigenvalue weighted by molar-refractivity contribution is 5.96. The van der Waals surface area contributed by atoms with Crippen molar-refractivity contribution in [1.29, 1.82) is 0 Å². The molecule has 4 nitrogen and oxygen atoms in total. The van der Waals surface area contributed by atoms with E-state index >= 15 is 0 Å². The van der Waals surface area contributed by atoms with Crippen LogP contribution < -0.4 is 15.8 Å². The van der Waals surface area contributed by atoms with Gasteiger partial charge in [-0.15, -0.1) is 0 Å². The number of amides is 1. The third-order valence-corrected chi connectivity index (χ3v) is 2.58. The van der Waals surface area contributed by atoms with E-state index in [1.54, 1.807) is 19.2 Å². The van der Waals surface area contributed by atoms with Gasteiger partial charge in [-0.05, 0) is 17.5 Å². The molecule has 17 heavy (non-hydrogen) atoms. The highest BCUT2D eigenvalue weighted by Crippen LogP contribution is 2.25. The molecule has 1 aromatic rings. The molecule has 1 atom stereocenters. The summed E-state index contributed by atoms with van der Waals surface area (Å²) in [5.74, 6) is 0.420. The lowest BCUT2D eigenvalue weighted by Crippen LogP contribution is -2.45. The van der Waals surface area contributed by atoms with E-state index < -0.39 is 6.04 Å². The van der Waals surface area contributed by atoms with Crippen molar-refractivity contribution in [2.75, 3.05) is 12.4 Å². The van der Waals surface area contributed by atoms with E-state index in [2.05, 4.69) is 5.32 Å². The molecule has 94 valence electrons. The van der Waals surface area contributed by atoms with Crippen molar-refractivity contribution >= 4 is 11.6 Å². The van der Waals surface area contributed by atoms with Gasteiger partial charge < -0.3 is 15.8 Å². The van der Waals surface area contributed by atoms with Crippen molar-refractivity contribution in [2.24, 2.45) is 11.1 Å². The quantitative estimate of drug-likeness (QED) is 0.843. The Labute approximate surface area is 102 Å². The van der Waals surface area contributed by atoms with Crippen LogP contribution in [-0.2, 0) is 4.79 Å². The van der Waals surface area contributed by atoms with Gasteiger partial charge in [0.05, 0.1) is 18.8 Å². The predicted molar refractivity (Wildman–Crippen MR) is 69.1 cm³/mol. The Hall–Kier alpha value is -1.55. The summed E-state index contributed by atoms with van der Waals surface area (Å²) < 4.78 is 5.16. The highest BCUT2D eigenvalue weighted by atomic mass is 16.5. The van der Waals surface area contributed by atoms with Crippen molar-refractivity contribution < 1.29 is 9.53 Å². The number of anilines is 1. The van der Waals surface area contributed by atoms with Crippen molar-refractivity contribution in [3.63, 3.8) is 0 Å². The average Bonchev–Trinajstić information content (AvgIpc) is 2.27. The summed E-state index contributed by atoms with van der Waals surface area (Å²) in [7, 11) is 1.56. The Bertz CT molecular complexity index is 397. The van der Waals surface area contributed by atoms with Crippen LogP contribution in [0.3, 0.4) is 0 Å². The number of hydrogen-bond acceptors (Lipinski definition) is 3. The van der Waals surface area contributed by atoms with Crippen molar-refractivity contribution in [3.05, 3.63) is 24.3 Å². The Balaban J connectivity index is 2.81. The van der Waals surface area contributed by atoms with Gasteiger partial charge in [0.1, 0.15) is 5.75 Å². The fraction of sp³-hybridized carbons (Fsp3) is 0.462. The number of methoxy groups -OCH3 is 1. The fourth-order valence-electron chi connectivity index (χ4n) is 1.35. The molecule has 0 aliphatic rings. The van der Waals surface area contributed by atoms with Crippen LogP contribution in [0.4, 0.5) is 5.69 Å². The monoisotopic (exact) mass is 236 g/mol. The molecule has 0 bridgehead atoms. The largest absolute Gasteiger partial charge is 0.495 e. The zero-order valence-electron chi connectivity index (χ0n) is 10.8. The Morgan fingerprint density at radius 2 is 1.94 bits per heavy atom. The minimum absolute atomic E-state index is 0.206. The van der Waals surface area contributed by atoms with Gasteiger partial charge in [0, 0.05) is 0 Å². The zero-order valence-corrected chi connectivity index (χ0v) is 10.8. The van der Waals surface area contributed by atoms with E-state index in [4.69, 9.17) is 10.5 Å². The third kappa shape index (κ3) is 3.46. The number of carbonyl (C=O) groups is 1. The molecule has 1 aromatic carbocycles. The number of nitrogens with two attached hydrogens (primary N) is 1. The molecule has 0 radical (unpaired) electrons. The molecule has 0 spiro atoms. The fourth-order valence-corrected chi connectivity index (χ4v) is 1.35. The minimum atomic E-state index is -0.563. The lowest BCUT2D eigenvalue weighted by molar-refractivity contribution is -0.119. The van der Waals surface area contributed by atoms with Crippen LogP contribution in [0.2, 0.25) is 0 Å². The molecule has 3 N–H and O–H groups in total. The molecule has 0 fully saturated rings. The number of nitrogens with one attached hydrogen (secondary N) is 1.